The highest BCUT2D eigenvalue weighted by Gasteiger charge is 2.49. The van der Waals surface area contributed by atoms with E-state index in [9.17, 15) is 14.3 Å². The molecule has 4 aromatic rings. The number of hydrogen-bond acceptors (Lipinski definition) is 10. The Morgan fingerprint density at radius 3 is 2.77 bits per heavy atom. The number of rotatable bonds is 7. The molecule has 6 aliphatic heterocycles. The topological polar surface area (TPSA) is 106 Å². The highest BCUT2D eigenvalue weighted by Crippen LogP contribution is 2.42. The first-order chi connectivity index (χ1) is 27.1. The predicted octanol–water partition coefficient (Wildman–Crippen LogP) is 4.94. The third kappa shape index (κ3) is 6.14. The van der Waals surface area contributed by atoms with Gasteiger partial charge in [0.25, 0.3) is 5.91 Å². The van der Waals surface area contributed by atoms with Gasteiger partial charge in [0.1, 0.15) is 30.2 Å². The number of aromatic hydroxyl groups is 1. The van der Waals surface area contributed by atoms with Crippen molar-refractivity contribution in [3.63, 3.8) is 0 Å². The number of carbonyl (C=O) groups is 1. The number of fused-ring (bicyclic) bond motifs is 6. The fourth-order valence-corrected chi connectivity index (χ4v) is 10.9. The lowest BCUT2D eigenvalue weighted by atomic mass is 9.95. The van der Waals surface area contributed by atoms with Gasteiger partial charge in [0.15, 0.2) is 5.69 Å². The quantitative estimate of drug-likeness (QED) is 0.278. The molecule has 1 amide bonds. The van der Waals surface area contributed by atoms with Crippen molar-refractivity contribution >= 4 is 28.2 Å². The Bertz CT molecular complexity index is 2200. The number of phenols is 1. The van der Waals surface area contributed by atoms with E-state index in [4.69, 9.17) is 19.8 Å². The van der Waals surface area contributed by atoms with Crippen LogP contribution in [0.1, 0.15) is 72.0 Å². The molecule has 296 valence electrons. The lowest BCUT2D eigenvalue weighted by molar-refractivity contribution is 0.0668. The summed E-state index contributed by atoms with van der Waals surface area (Å²) in [7, 11) is 2.15. The number of nitrogens with zero attached hydrogens (tertiary/aromatic N) is 9. The van der Waals surface area contributed by atoms with E-state index in [0.717, 1.165) is 97.6 Å². The molecule has 2 aromatic heterocycles. The summed E-state index contributed by atoms with van der Waals surface area (Å²) in [6.45, 7) is 9.12. The van der Waals surface area contributed by atoms with E-state index in [1.807, 2.05) is 22.6 Å². The fraction of sp³-hybridized carbons (Fsp3) is 0.571. The average molecular weight is 768 g/mol. The standard InChI is InChI=1S/C42H51F2N9O3/c1-3-32-34(44)7-6-27-15-31(54)17-37(38(27)32)49-13-8-33-36(24-49)45-41(56-25-42-9-4-11-52(42)21-28(43)18-42)46-39(33)50-10-5-12-53-30(23-50)16-35(47-53)40(55)51-20-26-14-29(22-51)48(2)19-26/h6-7,15-17,26,28-29,54H,3-5,8-14,18-25H2,1-2H3/t26?,28-,29?,42+/m1/s1. The second-order valence-corrected chi connectivity index (χ2v) is 17.2. The van der Waals surface area contributed by atoms with Gasteiger partial charge in [-0.25, -0.2) is 8.78 Å². The molecule has 1 N–H and O–H groups in total. The van der Waals surface area contributed by atoms with Gasteiger partial charge in [-0.15, -0.1) is 0 Å². The van der Waals surface area contributed by atoms with Gasteiger partial charge < -0.3 is 29.4 Å². The number of benzene rings is 2. The van der Waals surface area contributed by atoms with Crippen molar-refractivity contribution < 1.29 is 23.4 Å². The molecule has 12 nitrogen and oxygen atoms in total. The zero-order chi connectivity index (χ0) is 38.3. The number of carbonyl (C=O) groups excluding carboxylic acids is 1. The summed E-state index contributed by atoms with van der Waals surface area (Å²) < 4.78 is 38.4. The minimum absolute atomic E-state index is 0.00524. The molecule has 6 aliphatic rings. The van der Waals surface area contributed by atoms with Crippen molar-refractivity contribution in [2.24, 2.45) is 5.92 Å². The monoisotopic (exact) mass is 767 g/mol. The summed E-state index contributed by atoms with van der Waals surface area (Å²) in [5, 5.41) is 17.3. The Hall–Kier alpha value is -4.56. The molecule has 0 radical (unpaired) electrons. The first kappa shape index (κ1) is 35.8. The maximum absolute atomic E-state index is 15.2. The van der Waals surface area contributed by atoms with Crippen LogP contribution in [0.3, 0.4) is 0 Å². The largest absolute Gasteiger partial charge is 0.508 e. The number of hydrogen-bond donors (Lipinski definition) is 1. The minimum Gasteiger partial charge on any atom is -0.508 e. The van der Waals surface area contributed by atoms with Gasteiger partial charge in [-0.2, -0.15) is 15.1 Å². The maximum Gasteiger partial charge on any atom is 0.318 e. The third-order valence-corrected chi connectivity index (χ3v) is 13.6. The molecule has 56 heavy (non-hydrogen) atoms. The van der Waals surface area contributed by atoms with E-state index in [0.29, 0.717) is 81.8 Å². The number of alkyl halides is 1. The Morgan fingerprint density at radius 2 is 1.91 bits per heavy atom. The number of halogens is 2. The molecule has 14 heteroatoms. The molecule has 2 aromatic carbocycles. The normalized spacial score (nSPS) is 26.4. The zero-order valence-corrected chi connectivity index (χ0v) is 32.4. The summed E-state index contributed by atoms with van der Waals surface area (Å²) in [5.74, 6) is 1.19. The second kappa shape index (κ2) is 13.8. The predicted molar refractivity (Wildman–Crippen MR) is 209 cm³/mol. The number of anilines is 2. The van der Waals surface area contributed by atoms with Crippen LogP contribution in [0.25, 0.3) is 10.8 Å². The van der Waals surface area contributed by atoms with E-state index in [-0.39, 0.29) is 29.0 Å². The number of amides is 1. The number of ether oxygens (including phenoxy) is 1. The van der Waals surface area contributed by atoms with Crippen LogP contribution in [0.4, 0.5) is 20.3 Å². The highest BCUT2D eigenvalue weighted by molar-refractivity contribution is 5.98. The van der Waals surface area contributed by atoms with Gasteiger partial charge in [-0.1, -0.05) is 13.0 Å². The lowest BCUT2D eigenvalue weighted by Gasteiger charge is -2.35. The van der Waals surface area contributed by atoms with E-state index < -0.39 is 6.17 Å². The zero-order valence-electron chi connectivity index (χ0n) is 32.4. The number of aryl methyl sites for hydroxylation is 2. The van der Waals surface area contributed by atoms with Crippen LogP contribution in [-0.4, -0.2) is 123 Å². The molecule has 4 saturated heterocycles. The highest BCUT2D eigenvalue weighted by atomic mass is 19.1. The maximum atomic E-state index is 15.2. The molecule has 8 heterocycles. The van der Waals surface area contributed by atoms with Gasteiger partial charge >= 0.3 is 6.01 Å². The van der Waals surface area contributed by atoms with Crippen LogP contribution in [-0.2, 0) is 32.5 Å². The molecule has 4 fully saturated rings. The van der Waals surface area contributed by atoms with Crippen molar-refractivity contribution in [1.82, 2.24) is 34.4 Å². The van der Waals surface area contributed by atoms with Crippen molar-refractivity contribution in [3.05, 3.63) is 64.4 Å². The molecule has 2 unspecified atom stereocenters. The van der Waals surface area contributed by atoms with Crippen LogP contribution in [0.2, 0.25) is 0 Å². The van der Waals surface area contributed by atoms with Crippen LogP contribution in [0.5, 0.6) is 11.8 Å². The molecular weight excluding hydrogens is 717 g/mol. The Labute approximate surface area is 326 Å². The summed E-state index contributed by atoms with van der Waals surface area (Å²) in [4.78, 5) is 35.0. The van der Waals surface area contributed by atoms with Gasteiger partial charge in [0.2, 0.25) is 0 Å². The molecule has 10 rings (SSSR count). The van der Waals surface area contributed by atoms with E-state index in [1.165, 1.54) is 6.07 Å². The summed E-state index contributed by atoms with van der Waals surface area (Å²) in [6, 6.07) is 9.27. The number of piperidine rings is 1. The average Bonchev–Trinajstić information content (AvgIpc) is 3.89. The molecule has 0 saturated carbocycles. The number of likely N-dealkylation sites (N-methyl/N-ethyl adjacent to an activating group) is 1. The first-order valence-electron chi connectivity index (χ1n) is 20.6. The molecule has 2 bridgehead atoms. The van der Waals surface area contributed by atoms with Gasteiger partial charge in [0, 0.05) is 81.0 Å². The fourth-order valence-electron chi connectivity index (χ4n) is 10.9. The number of aromatic nitrogens is 4. The van der Waals surface area contributed by atoms with Crippen LogP contribution < -0.4 is 14.5 Å². The summed E-state index contributed by atoms with van der Waals surface area (Å²) in [6.07, 6.45) is 4.60. The van der Waals surface area contributed by atoms with E-state index in [2.05, 4.69) is 26.6 Å². The van der Waals surface area contributed by atoms with Crippen molar-refractivity contribution in [2.75, 3.05) is 69.3 Å². The van der Waals surface area contributed by atoms with Crippen molar-refractivity contribution in [2.45, 2.75) is 89.3 Å². The SMILES string of the molecule is CCc1c(F)ccc2cc(O)cc(N3CCc4c(nc(OC[C@@]56CCCN5C[C@H](F)C6)nc4N4CCCn5nc(C(=O)N6CC7CC(C6)N(C)C7)cc5C4)C3)c12. The summed E-state index contributed by atoms with van der Waals surface area (Å²) >= 11 is 0. The molecule has 0 spiro atoms. The molecular formula is C42H51F2N9O3. The first-order valence-corrected chi connectivity index (χ1v) is 20.6. The Balaban J connectivity index is 0.982. The minimum atomic E-state index is -0.868. The number of likely N-dealkylation sites (tertiary alicyclic amines) is 2. The Morgan fingerprint density at radius 1 is 1.02 bits per heavy atom. The Kier molecular flexibility index (Phi) is 8.84. The number of phenolic OH excluding ortho intramolecular Hbond substituents is 1. The molecule has 4 atom stereocenters. The van der Waals surface area contributed by atoms with Crippen LogP contribution >= 0.6 is 0 Å². The van der Waals surface area contributed by atoms with Crippen LogP contribution in [0.15, 0.2) is 30.3 Å². The second-order valence-electron chi connectivity index (χ2n) is 17.2. The lowest BCUT2D eigenvalue weighted by Crippen LogP contribution is -2.44. The summed E-state index contributed by atoms with van der Waals surface area (Å²) in [5.41, 5.74) is 4.36. The van der Waals surface area contributed by atoms with E-state index in [1.54, 1.807) is 18.2 Å². The van der Waals surface area contributed by atoms with Crippen molar-refractivity contribution in [3.8, 4) is 11.8 Å². The van der Waals surface area contributed by atoms with Crippen LogP contribution in [0, 0.1) is 11.7 Å². The van der Waals surface area contributed by atoms with Gasteiger partial charge in [-0.3, -0.25) is 14.4 Å². The molecule has 0 aliphatic carbocycles. The third-order valence-electron chi connectivity index (χ3n) is 13.6. The van der Waals surface area contributed by atoms with Crippen molar-refractivity contribution in [1.29, 1.82) is 0 Å². The van der Waals surface area contributed by atoms with Gasteiger partial charge in [0.05, 0.1) is 30.0 Å². The van der Waals surface area contributed by atoms with Gasteiger partial charge in [-0.05, 0) is 87.2 Å². The van der Waals surface area contributed by atoms with E-state index >= 15 is 4.39 Å². The smallest absolute Gasteiger partial charge is 0.318 e.